The van der Waals surface area contributed by atoms with Crippen LogP contribution in [0.1, 0.15) is 17.8 Å². The number of rotatable bonds is 7. The van der Waals surface area contributed by atoms with Crippen molar-refractivity contribution in [1.29, 1.82) is 0 Å². The fourth-order valence-corrected chi connectivity index (χ4v) is 3.10. The maximum Gasteiger partial charge on any atom is 0.240 e. The SMILES string of the molecule is O=S(=O)(NCCCc1ncn[nH]1)c1ccc(CBr)cc1. The predicted molar refractivity (Wildman–Crippen MR) is 79.0 cm³/mol. The quantitative estimate of drug-likeness (QED) is 0.581. The fraction of sp³-hybridized carbons (Fsp3) is 0.333. The molecule has 1 aromatic carbocycles. The molecule has 1 aromatic heterocycles. The van der Waals surface area contributed by atoms with Crippen LogP contribution in [0, 0.1) is 0 Å². The number of halogens is 1. The Labute approximate surface area is 126 Å². The molecule has 0 aliphatic heterocycles. The first-order valence-corrected chi connectivity index (χ1v) is 8.71. The number of hydrogen-bond donors (Lipinski definition) is 2. The molecule has 0 aliphatic rings. The largest absolute Gasteiger partial charge is 0.263 e. The maximum absolute atomic E-state index is 12.0. The Morgan fingerprint density at radius 1 is 1.25 bits per heavy atom. The molecular formula is C12H15BrN4O2S. The van der Waals surface area contributed by atoms with Gasteiger partial charge in [0.05, 0.1) is 4.90 Å². The minimum atomic E-state index is -3.44. The van der Waals surface area contributed by atoms with Crippen molar-refractivity contribution in [3.05, 3.63) is 42.0 Å². The number of hydrogen-bond acceptors (Lipinski definition) is 4. The van der Waals surface area contributed by atoms with Crippen molar-refractivity contribution in [2.75, 3.05) is 6.54 Å². The van der Waals surface area contributed by atoms with Crippen molar-refractivity contribution >= 4 is 26.0 Å². The molecule has 0 saturated heterocycles. The lowest BCUT2D eigenvalue weighted by Gasteiger charge is -2.06. The number of aryl methyl sites for hydroxylation is 1. The van der Waals surface area contributed by atoms with Crippen LogP contribution in [0.25, 0.3) is 0 Å². The number of H-pyrrole nitrogens is 1. The van der Waals surface area contributed by atoms with Crippen LogP contribution in [-0.2, 0) is 21.8 Å². The Balaban J connectivity index is 1.86. The fourth-order valence-electron chi connectivity index (χ4n) is 1.65. The summed E-state index contributed by atoms with van der Waals surface area (Å²) in [5.41, 5.74) is 1.04. The number of aromatic amines is 1. The van der Waals surface area contributed by atoms with Crippen molar-refractivity contribution in [2.24, 2.45) is 0 Å². The maximum atomic E-state index is 12.0. The lowest BCUT2D eigenvalue weighted by Crippen LogP contribution is -2.25. The first kappa shape index (κ1) is 15.1. The third-order valence-electron chi connectivity index (χ3n) is 2.74. The highest BCUT2D eigenvalue weighted by molar-refractivity contribution is 9.08. The smallest absolute Gasteiger partial charge is 0.240 e. The van der Waals surface area contributed by atoms with Crippen LogP contribution in [0.3, 0.4) is 0 Å². The molecule has 0 aliphatic carbocycles. The molecule has 0 atom stereocenters. The van der Waals surface area contributed by atoms with Crippen LogP contribution in [-0.4, -0.2) is 30.1 Å². The standard InChI is InChI=1S/C12H15BrN4O2S/c13-8-10-3-5-11(6-4-10)20(18,19)16-7-1-2-12-14-9-15-17-12/h3-6,9,16H,1-2,7-8H2,(H,14,15,17). The van der Waals surface area contributed by atoms with E-state index in [4.69, 9.17) is 0 Å². The van der Waals surface area contributed by atoms with E-state index in [2.05, 4.69) is 35.8 Å². The van der Waals surface area contributed by atoms with Gasteiger partial charge in [-0.25, -0.2) is 18.1 Å². The van der Waals surface area contributed by atoms with Crippen LogP contribution in [0.5, 0.6) is 0 Å². The Morgan fingerprint density at radius 3 is 2.60 bits per heavy atom. The molecule has 2 aromatic rings. The zero-order valence-corrected chi connectivity index (χ0v) is 13.1. The van der Waals surface area contributed by atoms with Crippen molar-refractivity contribution in [3.63, 3.8) is 0 Å². The average Bonchev–Trinajstić information content (AvgIpc) is 2.97. The molecule has 0 amide bonds. The third-order valence-corrected chi connectivity index (χ3v) is 4.86. The van der Waals surface area contributed by atoms with E-state index in [9.17, 15) is 8.42 Å². The van der Waals surface area contributed by atoms with E-state index < -0.39 is 10.0 Å². The van der Waals surface area contributed by atoms with Gasteiger partial charge < -0.3 is 0 Å². The third kappa shape index (κ3) is 4.12. The summed E-state index contributed by atoms with van der Waals surface area (Å²) in [5.74, 6) is 0.755. The van der Waals surface area contributed by atoms with Crippen LogP contribution >= 0.6 is 15.9 Å². The van der Waals surface area contributed by atoms with Crippen LogP contribution in [0.2, 0.25) is 0 Å². The van der Waals surface area contributed by atoms with Gasteiger partial charge in [0.2, 0.25) is 10.0 Å². The second-order valence-electron chi connectivity index (χ2n) is 4.21. The van der Waals surface area contributed by atoms with Crippen LogP contribution in [0.4, 0.5) is 0 Å². The summed E-state index contributed by atoms with van der Waals surface area (Å²) in [6, 6.07) is 6.79. The molecular weight excluding hydrogens is 344 g/mol. The number of alkyl halides is 1. The van der Waals surface area contributed by atoms with E-state index in [1.165, 1.54) is 6.33 Å². The minimum absolute atomic E-state index is 0.280. The van der Waals surface area contributed by atoms with E-state index in [0.717, 1.165) is 11.4 Å². The summed E-state index contributed by atoms with van der Waals surface area (Å²) in [4.78, 5) is 4.26. The highest BCUT2D eigenvalue weighted by atomic mass is 79.9. The number of benzene rings is 1. The molecule has 0 saturated carbocycles. The van der Waals surface area contributed by atoms with Crippen molar-refractivity contribution in [3.8, 4) is 0 Å². The minimum Gasteiger partial charge on any atom is -0.263 e. The van der Waals surface area contributed by atoms with Crippen LogP contribution in [0.15, 0.2) is 35.5 Å². The highest BCUT2D eigenvalue weighted by Crippen LogP contribution is 2.12. The molecule has 108 valence electrons. The first-order valence-electron chi connectivity index (χ1n) is 6.10. The Bertz CT molecular complexity index is 626. The van der Waals surface area contributed by atoms with Gasteiger partial charge in [-0.2, -0.15) is 5.10 Å². The van der Waals surface area contributed by atoms with E-state index >= 15 is 0 Å². The number of nitrogens with zero attached hydrogens (tertiary/aromatic N) is 2. The molecule has 0 unspecified atom stereocenters. The highest BCUT2D eigenvalue weighted by Gasteiger charge is 2.12. The summed E-state index contributed by atoms with van der Waals surface area (Å²) >= 11 is 3.32. The summed E-state index contributed by atoms with van der Waals surface area (Å²) in [6.45, 7) is 0.364. The number of aromatic nitrogens is 3. The van der Waals surface area contributed by atoms with E-state index in [0.29, 0.717) is 24.7 Å². The van der Waals surface area contributed by atoms with Gasteiger partial charge in [0.15, 0.2) is 0 Å². The summed E-state index contributed by atoms with van der Waals surface area (Å²) < 4.78 is 26.6. The normalized spacial score (nSPS) is 11.7. The molecule has 6 nitrogen and oxygen atoms in total. The van der Waals surface area contributed by atoms with Gasteiger partial charge in [-0.15, -0.1) is 0 Å². The van der Waals surface area contributed by atoms with Gasteiger partial charge in [0.1, 0.15) is 12.2 Å². The molecule has 2 rings (SSSR count). The van der Waals surface area contributed by atoms with E-state index in [1.54, 1.807) is 24.3 Å². The molecule has 8 heteroatoms. The summed E-state index contributed by atoms with van der Waals surface area (Å²) in [7, 11) is -3.44. The van der Waals surface area contributed by atoms with Crippen molar-refractivity contribution in [1.82, 2.24) is 19.9 Å². The van der Waals surface area contributed by atoms with E-state index in [-0.39, 0.29) is 4.90 Å². The lowest BCUT2D eigenvalue weighted by molar-refractivity contribution is 0.578. The van der Waals surface area contributed by atoms with E-state index in [1.807, 2.05) is 0 Å². The first-order chi connectivity index (χ1) is 9.62. The van der Waals surface area contributed by atoms with Gasteiger partial charge in [-0.3, -0.25) is 5.10 Å². The topological polar surface area (TPSA) is 87.7 Å². The molecule has 0 radical (unpaired) electrons. The monoisotopic (exact) mass is 358 g/mol. The van der Waals surface area contributed by atoms with Crippen LogP contribution < -0.4 is 4.72 Å². The Hall–Kier alpha value is -1.25. The van der Waals surface area contributed by atoms with Crippen molar-refractivity contribution < 1.29 is 8.42 Å². The molecule has 20 heavy (non-hydrogen) atoms. The van der Waals surface area contributed by atoms with Gasteiger partial charge >= 0.3 is 0 Å². The second kappa shape index (κ2) is 6.96. The average molecular weight is 359 g/mol. The second-order valence-corrected chi connectivity index (χ2v) is 6.54. The Morgan fingerprint density at radius 2 is 2.00 bits per heavy atom. The lowest BCUT2D eigenvalue weighted by atomic mass is 10.2. The number of sulfonamides is 1. The summed E-state index contributed by atoms with van der Waals surface area (Å²) in [6.07, 6.45) is 2.75. The Kier molecular flexibility index (Phi) is 5.27. The molecule has 1 heterocycles. The molecule has 0 fully saturated rings. The number of nitrogens with one attached hydrogen (secondary N) is 2. The molecule has 0 spiro atoms. The zero-order valence-electron chi connectivity index (χ0n) is 10.7. The van der Waals surface area contributed by atoms with Gasteiger partial charge in [-0.05, 0) is 24.1 Å². The van der Waals surface area contributed by atoms with Gasteiger partial charge in [0, 0.05) is 18.3 Å². The van der Waals surface area contributed by atoms with Crippen molar-refractivity contribution in [2.45, 2.75) is 23.1 Å². The predicted octanol–water partition coefficient (Wildman–Crippen LogP) is 1.61. The molecule has 0 bridgehead atoms. The van der Waals surface area contributed by atoms with Gasteiger partial charge in [-0.1, -0.05) is 28.1 Å². The van der Waals surface area contributed by atoms with Gasteiger partial charge in [0.25, 0.3) is 0 Å². The zero-order chi connectivity index (χ0) is 14.4. The summed E-state index contributed by atoms with van der Waals surface area (Å²) in [5, 5.41) is 7.18. The molecule has 2 N–H and O–H groups in total.